The van der Waals surface area contributed by atoms with E-state index in [9.17, 15) is 0 Å². The average Bonchev–Trinajstić information content (AvgIpc) is 2.83. The number of aryl methyl sites for hydroxylation is 2. The zero-order valence-corrected chi connectivity index (χ0v) is 13.0. The lowest BCUT2D eigenvalue weighted by Crippen LogP contribution is -2.22. The van der Waals surface area contributed by atoms with Crippen molar-refractivity contribution in [2.75, 3.05) is 13.7 Å². The largest absolute Gasteiger partial charge is 0.493 e. The molecule has 0 bridgehead atoms. The van der Waals surface area contributed by atoms with Gasteiger partial charge in [0.1, 0.15) is 17.3 Å². The third kappa shape index (κ3) is 2.84. The third-order valence-electron chi connectivity index (χ3n) is 4.41. The van der Waals surface area contributed by atoms with Crippen LogP contribution in [-0.4, -0.2) is 13.7 Å². The van der Waals surface area contributed by atoms with E-state index >= 15 is 0 Å². The Kier molecular flexibility index (Phi) is 4.02. The molecular weight excluding hydrogens is 262 g/mol. The number of hydrogen-bond donors (Lipinski definition) is 1. The van der Waals surface area contributed by atoms with E-state index in [1.807, 2.05) is 27.0 Å². The van der Waals surface area contributed by atoms with Gasteiger partial charge < -0.3 is 14.5 Å². The number of hydrogen-bond acceptors (Lipinski definition) is 3. The minimum atomic E-state index is 0.318. The molecule has 0 amide bonds. The molecule has 1 aromatic carbocycles. The fraction of sp³-hybridized carbons (Fsp3) is 0.444. The molecule has 1 aromatic heterocycles. The number of para-hydroxylation sites is 1. The smallest absolute Gasteiger partial charge is 0.122 e. The summed E-state index contributed by atoms with van der Waals surface area (Å²) in [6.07, 6.45) is 2.14. The molecule has 0 fully saturated rings. The highest BCUT2D eigenvalue weighted by Gasteiger charge is 2.26. The van der Waals surface area contributed by atoms with Gasteiger partial charge in [0.25, 0.3) is 0 Å². The molecule has 112 valence electrons. The van der Waals surface area contributed by atoms with Gasteiger partial charge >= 0.3 is 0 Å². The van der Waals surface area contributed by atoms with Gasteiger partial charge in [-0.25, -0.2) is 0 Å². The van der Waals surface area contributed by atoms with E-state index in [-0.39, 0.29) is 0 Å². The molecule has 0 radical (unpaired) electrons. The Morgan fingerprint density at radius 3 is 2.81 bits per heavy atom. The Hall–Kier alpha value is -1.74. The van der Waals surface area contributed by atoms with E-state index in [2.05, 4.69) is 29.6 Å². The molecule has 1 aliphatic rings. The maximum atomic E-state index is 5.76. The van der Waals surface area contributed by atoms with Crippen molar-refractivity contribution in [3.63, 3.8) is 0 Å². The summed E-state index contributed by atoms with van der Waals surface area (Å²) < 4.78 is 11.5. The lowest BCUT2D eigenvalue weighted by Gasteiger charge is -2.29. The number of fused-ring (bicyclic) bond motifs is 1. The molecule has 2 atom stereocenters. The first-order valence-corrected chi connectivity index (χ1v) is 7.65. The average molecular weight is 285 g/mol. The highest BCUT2D eigenvalue weighted by molar-refractivity contribution is 5.38. The van der Waals surface area contributed by atoms with Crippen LogP contribution in [0.4, 0.5) is 0 Å². The molecule has 0 aliphatic carbocycles. The second kappa shape index (κ2) is 5.94. The maximum absolute atomic E-state index is 5.76. The molecule has 0 saturated heterocycles. The van der Waals surface area contributed by atoms with E-state index < -0.39 is 0 Å². The minimum Gasteiger partial charge on any atom is -0.493 e. The molecule has 3 rings (SSSR count). The lowest BCUT2D eigenvalue weighted by atomic mass is 9.85. The van der Waals surface area contributed by atoms with Crippen LogP contribution in [0.15, 0.2) is 34.7 Å². The van der Waals surface area contributed by atoms with Crippen LogP contribution >= 0.6 is 0 Å². The van der Waals surface area contributed by atoms with E-state index in [0.29, 0.717) is 12.0 Å². The van der Waals surface area contributed by atoms with Crippen LogP contribution < -0.4 is 10.1 Å². The van der Waals surface area contributed by atoms with Crippen molar-refractivity contribution in [1.29, 1.82) is 0 Å². The Morgan fingerprint density at radius 1 is 1.29 bits per heavy atom. The van der Waals surface area contributed by atoms with Crippen LogP contribution in [0.5, 0.6) is 5.75 Å². The summed E-state index contributed by atoms with van der Waals surface area (Å²) in [7, 11) is 2.03. The zero-order valence-electron chi connectivity index (χ0n) is 13.0. The Balaban J connectivity index is 1.84. The number of furan rings is 1. The highest BCUT2D eigenvalue weighted by atomic mass is 16.5. The Labute approximate surface area is 126 Å². The predicted octanol–water partition coefficient (Wildman–Crippen LogP) is 4.11. The normalized spacial score (nSPS) is 18.9. The summed E-state index contributed by atoms with van der Waals surface area (Å²) in [4.78, 5) is 0. The van der Waals surface area contributed by atoms with Crippen molar-refractivity contribution in [2.24, 2.45) is 0 Å². The van der Waals surface area contributed by atoms with Crippen LogP contribution in [0, 0.1) is 13.8 Å². The van der Waals surface area contributed by atoms with E-state index in [4.69, 9.17) is 9.15 Å². The summed E-state index contributed by atoms with van der Waals surface area (Å²) >= 11 is 0. The molecule has 3 nitrogen and oxygen atoms in total. The lowest BCUT2D eigenvalue weighted by molar-refractivity contribution is 0.256. The van der Waals surface area contributed by atoms with Gasteiger partial charge in [0.2, 0.25) is 0 Å². The maximum Gasteiger partial charge on any atom is 0.122 e. The molecule has 3 heteroatoms. The zero-order chi connectivity index (χ0) is 14.8. The van der Waals surface area contributed by atoms with Crippen molar-refractivity contribution in [3.05, 3.63) is 53.0 Å². The third-order valence-corrected chi connectivity index (χ3v) is 4.41. The van der Waals surface area contributed by atoms with Crippen molar-refractivity contribution >= 4 is 0 Å². The minimum absolute atomic E-state index is 0.318. The van der Waals surface area contributed by atoms with Crippen molar-refractivity contribution < 1.29 is 9.15 Å². The molecule has 1 aliphatic heterocycles. The van der Waals surface area contributed by atoms with E-state index in [0.717, 1.165) is 36.7 Å². The van der Waals surface area contributed by atoms with Crippen molar-refractivity contribution in [2.45, 2.75) is 38.6 Å². The molecule has 21 heavy (non-hydrogen) atoms. The quantitative estimate of drug-likeness (QED) is 0.918. The summed E-state index contributed by atoms with van der Waals surface area (Å²) in [5.41, 5.74) is 2.61. The fourth-order valence-electron chi connectivity index (χ4n) is 3.34. The Morgan fingerprint density at radius 2 is 2.10 bits per heavy atom. The summed E-state index contributed by atoms with van der Waals surface area (Å²) in [5, 5.41) is 3.45. The van der Waals surface area contributed by atoms with Crippen LogP contribution in [0.25, 0.3) is 0 Å². The van der Waals surface area contributed by atoms with Crippen LogP contribution in [0.3, 0.4) is 0 Å². The SMILES string of the molecule is CNC(CC1CCOc2ccccc21)c1cc(C)oc1C. The second-order valence-electron chi connectivity index (χ2n) is 5.82. The number of nitrogens with one attached hydrogen (secondary N) is 1. The van der Waals surface area contributed by atoms with Gasteiger partial charge in [-0.3, -0.25) is 0 Å². The van der Waals surface area contributed by atoms with Crippen LogP contribution in [-0.2, 0) is 0 Å². The molecule has 2 heterocycles. The molecule has 2 aromatic rings. The first kappa shape index (κ1) is 14.2. The highest BCUT2D eigenvalue weighted by Crippen LogP contribution is 2.39. The topological polar surface area (TPSA) is 34.4 Å². The van der Waals surface area contributed by atoms with E-state index in [1.165, 1.54) is 11.1 Å². The number of rotatable bonds is 4. The van der Waals surface area contributed by atoms with Crippen molar-refractivity contribution in [1.82, 2.24) is 5.32 Å². The van der Waals surface area contributed by atoms with Gasteiger partial charge in [-0.05, 0) is 57.4 Å². The number of ether oxygens (including phenoxy) is 1. The van der Waals surface area contributed by atoms with Gasteiger partial charge in [0, 0.05) is 11.6 Å². The fourth-order valence-corrected chi connectivity index (χ4v) is 3.34. The summed E-state index contributed by atoms with van der Waals surface area (Å²) in [5.74, 6) is 3.58. The van der Waals surface area contributed by atoms with Crippen LogP contribution in [0.1, 0.15) is 47.4 Å². The molecule has 1 N–H and O–H groups in total. The molecule has 2 unspecified atom stereocenters. The van der Waals surface area contributed by atoms with Crippen LogP contribution in [0.2, 0.25) is 0 Å². The van der Waals surface area contributed by atoms with E-state index in [1.54, 1.807) is 0 Å². The van der Waals surface area contributed by atoms with Gasteiger partial charge in [-0.2, -0.15) is 0 Å². The molecular formula is C18H23NO2. The summed E-state index contributed by atoms with van der Waals surface area (Å²) in [6, 6.07) is 10.9. The first-order chi connectivity index (χ1) is 10.2. The second-order valence-corrected chi connectivity index (χ2v) is 5.82. The van der Waals surface area contributed by atoms with Gasteiger partial charge in [0.05, 0.1) is 6.61 Å². The standard InChI is InChI=1S/C18H23NO2/c1-12-10-16(13(2)21-12)17(19-3)11-14-8-9-20-18-7-5-4-6-15(14)18/h4-7,10,14,17,19H,8-9,11H2,1-3H3. The summed E-state index contributed by atoms with van der Waals surface area (Å²) in [6.45, 7) is 4.86. The van der Waals surface area contributed by atoms with Crippen molar-refractivity contribution in [3.8, 4) is 5.75 Å². The first-order valence-electron chi connectivity index (χ1n) is 7.65. The van der Waals surface area contributed by atoms with Gasteiger partial charge in [-0.1, -0.05) is 18.2 Å². The molecule has 0 saturated carbocycles. The van der Waals surface area contributed by atoms with Gasteiger partial charge in [-0.15, -0.1) is 0 Å². The Bertz CT molecular complexity index is 617. The predicted molar refractivity (Wildman–Crippen MR) is 83.9 cm³/mol. The van der Waals surface area contributed by atoms with Gasteiger partial charge in [0.15, 0.2) is 0 Å². The monoisotopic (exact) mass is 285 g/mol. The molecule has 0 spiro atoms. The number of benzene rings is 1.